The molecule has 0 aromatic carbocycles. The average molecular weight is 291 g/mol. The summed E-state index contributed by atoms with van der Waals surface area (Å²) in [4.78, 5) is 22.6. The van der Waals surface area contributed by atoms with Crippen LogP contribution in [0.3, 0.4) is 0 Å². The Labute approximate surface area is 111 Å². The van der Waals surface area contributed by atoms with E-state index in [2.05, 4.69) is 5.32 Å². The van der Waals surface area contributed by atoms with Crippen LogP contribution in [0.25, 0.3) is 0 Å². The predicted octanol–water partition coefficient (Wildman–Crippen LogP) is -0.688. The molecule has 2 rings (SSSR count). The topological polar surface area (TPSA) is 110 Å². The van der Waals surface area contributed by atoms with E-state index in [-0.39, 0.29) is 23.5 Å². The summed E-state index contributed by atoms with van der Waals surface area (Å²) in [5.41, 5.74) is 0. The van der Waals surface area contributed by atoms with E-state index in [1.165, 1.54) is 0 Å². The van der Waals surface area contributed by atoms with Crippen LogP contribution >= 0.6 is 0 Å². The predicted molar refractivity (Wildman–Crippen MR) is 65.3 cm³/mol. The summed E-state index contributed by atoms with van der Waals surface area (Å²) >= 11 is 0. The molecule has 0 bridgehead atoms. The second-order valence-corrected chi connectivity index (χ2v) is 7.27. The lowest BCUT2D eigenvalue weighted by molar-refractivity contribution is -0.151. The van der Waals surface area contributed by atoms with Gasteiger partial charge in [0.2, 0.25) is 5.91 Å². The van der Waals surface area contributed by atoms with Crippen molar-refractivity contribution in [3.63, 3.8) is 0 Å². The maximum atomic E-state index is 11.9. The number of hydrogen-bond acceptors (Lipinski definition) is 5. The van der Waals surface area contributed by atoms with Crippen LogP contribution < -0.4 is 5.32 Å². The summed E-state index contributed by atoms with van der Waals surface area (Å²) in [7, 11) is -2.95. The molecule has 0 radical (unpaired) electrons. The van der Waals surface area contributed by atoms with Crippen molar-refractivity contribution >= 4 is 21.7 Å². The Morgan fingerprint density at radius 3 is 2.16 bits per heavy atom. The number of ether oxygens (including phenoxy) is 1. The minimum atomic E-state index is -2.95. The van der Waals surface area contributed by atoms with E-state index in [4.69, 9.17) is 9.84 Å². The van der Waals surface area contributed by atoms with Crippen molar-refractivity contribution in [1.29, 1.82) is 0 Å². The van der Waals surface area contributed by atoms with E-state index in [1.54, 1.807) is 0 Å². The van der Waals surface area contributed by atoms with Gasteiger partial charge >= 0.3 is 5.97 Å². The first kappa shape index (κ1) is 14.3. The number of carbonyl (C=O) groups is 2. The van der Waals surface area contributed by atoms with Crippen LogP contribution in [0.15, 0.2) is 0 Å². The van der Waals surface area contributed by atoms with Crippen molar-refractivity contribution in [1.82, 2.24) is 5.32 Å². The van der Waals surface area contributed by atoms with Gasteiger partial charge in [0, 0.05) is 6.04 Å². The summed E-state index contributed by atoms with van der Waals surface area (Å²) in [5.74, 6) is -1.23. The molecule has 108 valence electrons. The van der Waals surface area contributed by atoms with Crippen LogP contribution in [0, 0.1) is 0 Å². The Bertz CT molecular complexity index is 460. The number of hydrogen-bond donors (Lipinski definition) is 2. The second-order valence-electron chi connectivity index (χ2n) is 4.96. The molecule has 2 fully saturated rings. The number of carbonyl (C=O) groups excluding carboxylic acids is 1. The third-order valence-electron chi connectivity index (χ3n) is 3.49. The zero-order valence-electron chi connectivity index (χ0n) is 10.4. The van der Waals surface area contributed by atoms with Crippen LogP contribution in [0.1, 0.15) is 25.7 Å². The standard InChI is InChI=1S/C11H17NO6S/c13-10(8-1-2-9(18-8)11(14)15)12-7-3-5-19(16,17)6-4-7/h7-9H,1-6H2,(H,12,13)(H,14,15). The van der Waals surface area contributed by atoms with Gasteiger partial charge in [-0.3, -0.25) is 4.79 Å². The summed E-state index contributed by atoms with van der Waals surface area (Å²) in [6.45, 7) is 0. The van der Waals surface area contributed by atoms with Gasteiger partial charge in [-0.1, -0.05) is 0 Å². The van der Waals surface area contributed by atoms with E-state index in [0.29, 0.717) is 25.7 Å². The number of carboxylic acid groups (broad SMARTS) is 1. The lowest BCUT2D eigenvalue weighted by atomic mass is 10.1. The van der Waals surface area contributed by atoms with E-state index >= 15 is 0 Å². The Morgan fingerprint density at radius 1 is 1.05 bits per heavy atom. The number of rotatable bonds is 3. The van der Waals surface area contributed by atoms with Gasteiger partial charge in [-0.15, -0.1) is 0 Å². The molecule has 0 aromatic rings. The normalized spacial score (nSPS) is 30.9. The maximum absolute atomic E-state index is 11.9. The highest BCUT2D eigenvalue weighted by molar-refractivity contribution is 7.91. The first-order valence-corrected chi connectivity index (χ1v) is 8.08. The first-order chi connectivity index (χ1) is 8.87. The third-order valence-corrected chi connectivity index (χ3v) is 5.20. The Balaban J connectivity index is 1.81. The smallest absolute Gasteiger partial charge is 0.332 e. The van der Waals surface area contributed by atoms with Gasteiger partial charge in [0.15, 0.2) is 6.10 Å². The molecule has 2 saturated heterocycles. The number of aliphatic carboxylic acids is 1. The van der Waals surface area contributed by atoms with E-state index < -0.39 is 28.0 Å². The first-order valence-electron chi connectivity index (χ1n) is 6.26. The lowest BCUT2D eigenvalue weighted by Gasteiger charge is -2.24. The van der Waals surface area contributed by atoms with Crippen molar-refractivity contribution in [2.45, 2.75) is 43.9 Å². The Hall–Kier alpha value is -1.15. The minimum Gasteiger partial charge on any atom is -0.479 e. The summed E-state index contributed by atoms with van der Waals surface area (Å²) in [6.07, 6.45) is -0.130. The molecule has 2 atom stereocenters. The fraction of sp³-hybridized carbons (Fsp3) is 0.818. The van der Waals surface area contributed by atoms with Crippen molar-refractivity contribution in [2.24, 2.45) is 0 Å². The van der Waals surface area contributed by atoms with Crippen molar-refractivity contribution in [2.75, 3.05) is 11.5 Å². The largest absolute Gasteiger partial charge is 0.479 e. The molecule has 2 N–H and O–H groups in total. The number of amides is 1. The number of carboxylic acids is 1. The average Bonchev–Trinajstić information content (AvgIpc) is 2.81. The molecule has 0 aliphatic carbocycles. The van der Waals surface area contributed by atoms with Crippen molar-refractivity contribution < 1.29 is 27.9 Å². The van der Waals surface area contributed by atoms with E-state index in [9.17, 15) is 18.0 Å². The third kappa shape index (κ3) is 3.66. The summed E-state index contributed by atoms with van der Waals surface area (Å²) in [5, 5.41) is 11.5. The fourth-order valence-corrected chi connectivity index (χ4v) is 3.83. The summed E-state index contributed by atoms with van der Waals surface area (Å²) in [6, 6.07) is -0.163. The molecule has 1 amide bonds. The molecule has 19 heavy (non-hydrogen) atoms. The molecule has 8 heteroatoms. The van der Waals surface area contributed by atoms with Gasteiger partial charge < -0.3 is 15.2 Å². The molecule has 0 spiro atoms. The van der Waals surface area contributed by atoms with Gasteiger partial charge in [-0.05, 0) is 25.7 Å². The van der Waals surface area contributed by atoms with Gasteiger partial charge in [0.25, 0.3) is 0 Å². The second kappa shape index (κ2) is 5.46. The van der Waals surface area contributed by atoms with Gasteiger partial charge in [-0.2, -0.15) is 0 Å². The SMILES string of the molecule is O=C(O)C1CCC(C(=O)NC2CCS(=O)(=O)CC2)O1. The van der Waals surface area contributed by atoms with Crippen LogP contribution in [-0.4, -0.2) is 55.2 Å². The number of sulfone groups is 1. The molecule has 2 unspecified atom stereocenters. The molecule has 7 nitrogen and oxygen atoms in total. The summed E-state index contributed by atoms with van der Waals surface area (Å²) < 4.78 is 27.6. The highest BCUT2D eigenvalue weighted by atomic mass is 32.2. The van der Waals surface area contributed by atoms with Crippen LogP contribution in [0.5, 0.6) is 0 Å². The quantitative estimate of drug-likeness (QED) is 0.712. The Kier molecular flexibility index (Phi) is 4.10. The minimum absolute atomic E-state index is 0.0845. The molecule has 0 aromatic heterocycles. The van der Waals surface area contributed by atoms with Gasteiger partial charge in [0.1, 0.15) is 15.9 Å². The van der Waals surface area contributed by atoms with E-state index in [0.717, 1.165) is 0 Å². The molecular formula is C11H17NO6S. The Morgan fingerprint density at radius 2 is 1.63 bits per heavy atom. The van der Waals surface area contributed by atoms with Crippen LogP contribution in [0.4, 0.5) is 0 Å². The molecule has 2 aliphatic heterocycles. The fourth-order valence-electron chi connectivity index (χ4n) is 2.34. The van der Waals surface area contributed by atoms with E-state index in [1.807, 2.05) is 0 Å². The van der Waals surface area contributed by atoms with Crippen LogP contribution in [-0.2, 0) is 24.2 Å². The molecule has 2 heterocycles. The molecule has 0 saturated carbocycles. The van der Waals surface area contributed by atoms with Crippen molar-refractivity contribution in [3.8, 4) is 0 Å². The highest BCUT2D eigenvalue weighted by Gasteiger charge is 2.36. The molecule has 2 aliphatic rings. The lowest BCUT2D eigenvalue weighted by Crippen LogP contribution is -2.45. The molecular weight excluding hydrogens is 274 g/mol. The van der Waals surface area contributed by atoms with Gasteiger partial charge in [0.05, 0.1) is 11.5 Å². The maximum Gasteiger partial charge on any atom is 0.332 e. The van der Waals surface area contributed by atoms with Gasteiger partial charge in [-0.25, -0.2) is 13.2 Å². The highest BCUT2D eigenvalue weighted by Crippen LogP contribution is 2.21. The zero-order valence-corrected chi connectivity index (χ0v) is 11.2. The van der Waals surface area contributed by atoms with Crippen molar-refractivity contribution in [3.05, 3.63) is 0 Å². The zero-order chi connectivity index (χ0) is 14.0. The number of nitrogens with one attached hydrogen (secondary N) is 1. The monoisotopic (exact) mass is 291 g/mol. The van der Waals surface area contributed by atoms with Crippen LogP contribution in [0.2, 0.25) is 0 Å².